The zero-order valence-electron chi connectivity index (χ0n) is 16.0. The van der Waals surface area contributed by atoms with Crippen molar-refractivity contribution in [3.8, 4) is 11.5 Å². The van der Waals surface area contributed by atoms with Crippen LogP contribution in [0.3, 0.4) is 0 Å². The highest BCUT2D eigenvalue weighted by molar-refractivity contribution is 5.97. The van der Waals surface area contributed by atoms with Crippen LogP contribution in [0.4, 0.5) is 5.69 Å². The second-order valence-corrected chi connectivity index (χ2v) is 6.91. The molecule has 8 heteroatoms. The van der Waals surface area contributed by atoms with Gasteiger partial charge in [0, 0.05) is 49.9 Å². The van der Waals surface area contributed by atoms with Crippen LogP contribution in [-0.2, 0) is 4.79 Å². The van der Waals surface area contributed by atoms with Crippen LogP contribution in [-0.4, -0.2) is 60.5 Å². The number of piperazine rings is 1. The zero-order chi connectivity index (χ0) is 20.4. The van der Waals surface area contributed by atoms with Crippen molar-refractivity contribution in [1.82, 2.24) is 9.80 Å². The Morgan fingerprint density at radius 1 is 0.828 bits per heavy atom. The van der Waals surface area contributed by atoms with Gasteiger partial charge >= 0.3 is 0 Å². The maximum Gasteiger partial charge on any atom is 0.254 e. The monoisotopic (exact) mass is 395 g/mol. The van der Waals surface area contributed by atoms with Crippen LogP contribution in [0.2, 0.25) is 0 Å². The smallest absolute Gasteiger partial charge is 0.254 e. The van der Waals surface area contributed by atoms with Gasteiger partial charge in [0.15, 0.2) is 11.5 Å². The number of hydrogen-bond donors (Lipinski definition) is 1. The van der Waals surface area contributed by atoms with Crippen LogP contribution >= 0.6 is 0 Å². The van der Waals surface area contributed by atoms with Gasteiger partial charge in [0.25, 0.3) is 11.8 Å². The molecule has 2 aliphatic rings. The standard InChI is InChI=1S/C21H21N3O5/c1-14(25)22-17-4-2-3-15(11-17)20(26)23-7-9-24(10-8-23)21(27)16-5-6-18-19(12-16)29-13-28-18/h2-6,11-12H,7-10,13H2,1H3,(H,22,25). The molecule has 1 fully saturated rings. The topological polar surface area (TPSA) is 88.2 Å². The van der Waals surface area contributed by atoms with Gasteiger partial charge in [-0.2, -0.15) is 0 Å². The molecule has 0 radical (unpaired) electrons. The Kier molecular flexibility index (Phi) is 5.07. The van der Waals surface area contributed by atoms with E-state index in [1.54, 1.807) is 52.3 Å². The molecule has 4 rings (SSSR count). The molecule has 0 aliphatic carbocycles. The Morgan fingerprint density at radius 2 is 1.45 bits per heavy atom. The molecule has 0 aromatic heterocycles. The fourth-order valence-corrected chi connectivity index (χ4v) is 3.44. The van der Waals surface area contributed by atoms with Gasteiger partial charge in [-0.25, -0.2) is 0 Å². The van der Waals surface area contributed by atoms with Gasteiger partial charge in [-0.3, -0.25) is 14.4 Å². The molecule has 2 aromatic carbocycles. The predicted octanol–water partition coefficient (Wildman–Crippen LogP) is 1.97. The Morgan fingerprint density at radius 3 is 2.10 bits per heavy atom. The van der Waals surface area contributed by atoms with E-state index < -0.39 is 0 Å². The van der Waals surface area contributed by atoms with E-state index in [2.05, 4.69) is 5.32 Å². The number of amides is 3. The summed E-state index contributed by atoms with van der Waals surface area (Å²) in [6.07, 6.45) is 0. The van der Waals surface area contributed by atoms with Crippen LogP contribution in [0, 0.1) is 0 Å². The summed E-state index contributed by atoms with van der Waals surface area (Å²) in [6.45, 7) is 3.37. The van der Waals surface area contributed by atoms with Crippen molar-refractivity contribution in [2.45, 2.75) is 6.92 Å². The summed E-state index contributed by atoms with van der Waals surface area (Å²) in [5.41, 5.74) is 1.63. The second-order valence-electron chi connectivity index (χ2n) is 6.91. The number of anilines is 1. The van der Waals surface area contributed by atoms with E-state index in [0.29, 0.717) is 54.5 Å². The summed E-state index contributed by atoms with van der Waals surface area (Å²) in [4.78, 5) is 40.2. The summed E-state index contributed by atoms with van der Waals surface area (Å²) in [7, 11) is 0. The van der Waals surface area contributed by atoms with E-state index in [4.69, 9.17) is 9.47 Å². The zero-order valence-corrected chi connectivity index (χ0v) is 16.0. The van der Waals surface area contributed by atoms with Crippen molar-refractivity contribution >= 4 is 23.4 Å². The highest BCUT2D eigenvalue weighted by atomic mass is 16.7. The first-order chi connectivity index (χ1) is 14.0. The Balaban J connectivity index is 1.38. The molecule has 0 saturated carbocycles. The summed E-state index contributed by atoms with van der Waals surface area (Å²) < 4.78 is 10.6. The van der Waals surface area contributed by atoms with Crippen molar-refractivity contribution in [3.63, 3.8) is 0 Å². The molecule has 3 amide bonds. The average molecular weight is 395 g/mol. The van der Waals surface area contributed by atoms with E-state index in [9.17, 15) is 14.4 Å². The molecule has 0 spiro atoms. The molecule has 2 aliphatic heterocycles. The van der Waals surface area contributed by atoms with Crippen LogP contribution in [0.15, 0.2) is 42.5 Å². The highest BCUT2D eigenvalue weighted by Gasteiger charge is 2.26. The van der Waals surface area contributed by atoms with E-state index in [-0.39, 0.29) is 24.5 Å². The molecule has 2 aromatic rings. The molecule has 29 heavy (non-hydrogen) atoms. The van der Waals surface area contributed by atoms with Gasteiger partial charge < -0.3 is 24.6 Å². The normalized spacial score (nSPS) is 15.2. The fourth-order valence-electron chi connectivity index (χ4n) is 3.44. The lowest BCUT2D eigenvalue weighted by molar-refractivity contribution is -0.114. The Hall–Kier alpha value is -3.55. The summed E-state index contributed by atoms with van der Waals surface area (Å²) in [6, 6.07) is 12.0. The molecule has 150 valence electrons. The van der Waals surface area contributed by atoms with Gasteiger partial charge in [-0.15, -0.1) is 0 Å². The lowest BCUT2D eigenvalue weighted by Gasteiger charge is -2.35. The third-order valence-electron chi connectivity index (χ3n) is 4.90. The third kappa shape index (κ3) is 4.01. The molecule has 8 nitrogen and oxygen atoms in total. The Bertz CT molecular complexity index is 967. The summed E-state index contributed by atoms with van der Waals surface area (Å²) in [5, 5.41) is 2.68. The van der Waals surface area contributed by atoms with Gasteiger partial charge in [0.1, 0.15) is 0 Å². The number of nitrogens with one attached hydrogen (secondary N) is 1. The molecule has 0 atom stereocenters. The number of fused-ring (bicyclic) bond motifs is 1. The number of nitrogens with zero attached hydrogens (tertiary/aromatic N) is 2. The minimum atomic E-state index is -0.190. The largest absolute Gasteiger partial charge is 0.454 e. The number of benzene rings is 2. The first kappa shape index (κ1) is 18.8. The summed E-state index contributed by atoms with van der Waals surface area (Å²) in [5.74, 6) is 0.808. The fraction of sp³-hybridized carbons (Fsp3) is 0.286. The average Bonchev–Trinajstić information content (AvgIpc) is 3.20. The van der Waals surface area contributed by atoms with E-state index in [1.807, 2.05) is 0 Å². The van der Waals surface area contributed by atoms with Crippen LogP contribution in [0.25, 0.3) is 0 Å². The molecule has 0 bridgehead atoms. The van der Waals surface area contributed by atoms with E-state index in [1.165, 1.54) is 6.92 Å². The van der Waals surface area contributed by atoms with Gasteiger partial charge in [0.05, 0.1) is 0 Å². The van der Waals surface area contributed by atoms with Crippen molar-refractivity contribution in [2.24, 2.45) is 0 Å². The van der Waals surface area contributed by atoms with Crippen molar-refractivity contribution in [2.75, 3.05) is 38.3 Å². The predicted molar refractivity (Wildman–Crippen MR) is 105 cm³/mol. The minimum Gasteiger partial charge on any atom is -0.454 e. The first-order valence-electron chi connectivity index (χ1n) is 9.37. The van der Waals surface area contributed by atoms with Gasteiger partial charge in [0.2, 0.25) is 12.7 Å². The number of carbonyl (C=O) groups is 3. The number of ether oxygens (including phenoxy) is 2. The molecule has 1 saturated heterocycles. The molecule has 1 N–H and O–H groups in total. The first-order valence-corrected chi connectivity index (χ1v) is 9.37. The van der Waals surface area contributed by atoms with E-state index >= 15 is 0 Å². The van der Waals surface area contributed by atoms with Crippen molar-refractivity contribution in [3.05, 3.63) is 53.6 Å². The lowest BCUT2D eigenvalue weighted by atomic mass is 10.1. The highest BCUT2D eigenvalue weighted by Crippen LogP contribution is 2.32. The van der Waals surface area contributed by atoms with Crippen LogP contribution in [0.5, 0.6) is 11.5 Å². The van der Waals surface area contributed by atoms with Crippen LogP contribution < -0.4 is 14.8 Å². The second kappa shape index (κ2) is 7.83. The van der Waals surface area contributed by atoms with Gasteiger partial charge in [-0.05, 0) is 36.4 Å². The number of rotatable bonds is 3. The third-order valence-corrected chi connectivity index (χ3v) is 4.90. The maximum atomic E-state index is 12.8. The molecular weight excluding hydrogens is 374 g/mol. The maximum absolute atomic E-state index is 12.8. The SMILES string of the molecule is CC(=O)Nc1cccc(C(=O)N2CCN(C(=O)c3ccc4c(c3)OCO4)CC2)c1. The van der Waals surface area contributed by atoms with Crippen LogP contribution in [0.1, 0.15) is 27.6 Å². The Labute approximate surface area is 168 Å². The van der Waals surface area contributed by atoms with Crippen molar-refractivity contribution in [1.29, 1.82) is 0 Å². The van der Waals surface area contributed by atoms with Gasteiger partial charge in [-0.1, -0.05) is 6.07 Å². The molecule has 2 heterocycles. The van der Waals surface area contributed by atoms with Crippen molar-refractivity contribution < 1.29 is 23.9 Å². The number of hydrogen-bond acceptors (Lipinski definition) is 5. The number of carbonyl (C=O) groups excluding carboxylic acids is 3. The summed E-state index contributed by atoms with van der Waals surface area (Å²) >= 11 is 0. The quantitative estimate of drug-likeness (QED) is 0.859. The minimum absolute atomic E-state index is 0.0944. The van der Waals surface area contributed by atoms with E-state index in [0.717, 1.165) is 0 Å². The molecular formula is C21H21N3O5. The lowest BCUT2D eigenvalue weighted by Crippen LogP contribution is -2.50. The molecule has 0 unspecified atom stereocenters.